The van der Waals surface area contributed by atoms with Gasteiger partial charge in [-0.05, 0) is 33.6 Å². The fourth-order valence-electron chi connectivity index (χ4n) is 1.86. The average Bonchev–Trinajstić information content (AvgIpc) is 2.85. The maximum atomic E-state index is 11.0. The molecule has 0 saturated carbocycles. The molecule has 0 radical (unpaired) electrons. The molecule has 1 N–H and O–H groups in total. The number of carboxylic acid groups (broad SMARTS) is 1. The van der Waals surface area contributed by atoms with Gasteiger partial charge in [-0.25, -0.2) is 4.79 Å². The molecule has 0 fully saturated rings. The van der Waals surface area contributed by atoms with Gasteiger partial charge in [0.25, 0.3) is 0 Å². The van der Waals surface area contributed by atoms with E-state index in [1.54, 1.807) is 10.9 Å². The quantitative estimate of drug-likeness (QED) is 0.862. The fraction of sp³-hybridized carbons (Fsp3) is 0.286. The first kappa shape index (κ1) is 15.4. The monoisotopic (exact) mass is 354 g/mol. The summed E-state index contributed by atoms with van der Waals surface area (Å²) >= 11 is 3.31. The Hall–Kier alpha value is -2.02. The van der Waals surface area contributed by atoms with E-state index < -0.39 is 5.97 Å². The number of carbonyl (C=O) groups is 1. The number of ether oxygens (including phenoxy) is 2. The molecule has 6 nitrogen and oxygen atoms in total. The Morgan fingerprint density at radius 3 is 2.81 bits per heavy atom. The van der Waals surface area contributed by atoms with Gasteiger partial charge in [-0.3, -0.25) is 4.68 Å². The highest BCUT2D eigenvalue weighted by molar-refractivity contribution is 9.10. The summed E-state index contributed by atoms with van der Waals surface area (Å²) in [6.45, 7) is 0.438. The van der Waals surface area contributed by atoms with Gasteiger partial charge in [-0.15, -0.1) is 0 Å². The first-order valence-electron chi connectivity index (χ1n) is 6.22. The molecule has 0 spiro atoms. The molecule has 2 aromatic rings. The maximum Gasteiger partial charge on any atom is 0.335 e. The van der Waals surface area contributed by atoms with Crippen LogP contribution in [0.2, 0.25) is 0 Å². The number of halogens is 1. The lowest BCUT2D eigenvalue weighted by Crippen LogP contribution is -2.05. The molecule has 7 heteroatoms. The number of aromatic carboxylic acids is 1. The number of benzene rings is 1. The first-order valence-corrected chi connectivity index (χ1v) is 7.01. The zero-order chi connectivity index (χ0) is 15.4. The van der Waals surface area contributed by atoms with E-state index in [4.69, 9.17) is 14.6 Å². The predicted octanol–water partition coefficient (Wildman–Crippen LogP) is 2.51. The highest BCUT2D eigenvalue weighted by atomic mass is 79.9. The lowest BCUT2D eigenvalue weighted by atomic mass is 10.2. The minimum absolute atomic E-state index is 0.137. The molecule has 0 bridgehead atoms. The van der Waals surface area contributed by atoms with Crippen LogP contribution in [0.4, 0.5) is 0 Å². The van der Waals surface area contributed by atoms with Crippen molar-refractivity contribution in [2.24, 2.45) is 7.05 Å². The van der Waals surface area contributed by atoms with Crippen LogP contribution in [0.25, 0.3) is 0 Å². The lowest BCUT2D eigenvalue weighted by Gasteiger charge is -2.13. The summed E-state index contributed by atoms with van der Waals surface area (Å²) in [7, 11) is 3.33. The second kappa shape index (κ2) is 6.62. The lowest BCUT2D eigenvalue weighted by molar-refractivity contribution is 0.0696. The smallest absolute Gasteiger partial charge is 0.335 e. The first-order chi connectivity index (χ1) is 10.0. The van der Waals surface area contributed by atoms with Crippen LogP contribution >= 0.6 is 15.9 Å². The van der Waals surface area contributed by atoms with Crippen molar-refractivity contribution < 1.29 is 19.4 Å². The third-order valence-corrected chi connectivity index (χ3v) is 3.46. The van der Waals surface area contributed by atoms with E-state index in [0.29, 0.717) is 29.0 Å². The minimum atomic E-state index is -1.02. The molecule has 2 rings (SSSR count). The molecular weight excluding hydrogens is 340 g/mol. The second-order valence-corrected chi connectivity index (χ2v) is 5.27. The summed E-state index contributed by atoms with van der Waals surface area (Å²) in [5.41, 5.74) is 1.20. The predicted molar refractivity (Wildman–Crippen MR) is 80.1 cm³/mol. The molecule has 1 aromatic heterocycles. The maximum absolute atomic E-state index is 11.0. The van der Waals surface area contributed by atoms with Crippen LogP contribution in [0.1, 0.15) is 15.9 Å². The number of nitrogens with zero attached hydrogens (tertiary/aromatic N) is 2. The van der Waals surface area contributed by atoms with E-state index in [-0.39, 0.29) is 5.56 Å². The number of carboxylic acids is 1. The Labute approximate surface area is 130 Å². The molecule has 0 atom stereocenters. The Morgan fingerprint density at radius 1 is 1.48 bits per heavy atom. The van der Waals surface area contributed by atoms with E-state index in [1.165, 1.54) is 19.2 Å². The molecule has 0 unspecified atom stereocenters. The largest absolute Gasteiger partial charge is 0.493 e. The third-order valence-electron chi connectivity index (χ3n) is 2.87. The van der Waals surface area contributed by atoms with E-state index >= 15 is 0 Å². The summed E-state index contributed by atoms with van der Waals surface area (Å²) < 4.78 is 13.2. The van der Waals surface area contributed by atoms with Crippen LogP contribution in [-0.2, 0) is 13.5 Å². The highest BCUT2D eigenvalue weighted by Gasteiger charge is 2.15. The SMILES string of the molecule is COc1cc(C(=O)O)cc(Br)c1OCCc1cnn(C)c1. The van der Waals surface area contributed by atoms with Crippen LogP contribution in [0.15, 0.2) is 29.0 Å². The van der Waals surface area contributed by atoms with Crippen molar-refractivity contribution in [2.75, 3.05) is 13.7 Å². The number of aryl methyl sites for hydroxylation is 1. The van der Waals surface area contributed by atoms with Crippen LogP contribution < -0.4 is 9.47 Å². The number of hydrogen-bond acceptors (Lipinski definition) is 4. The molecule has 0 amide bonds. The molecule has 21 heavy (non-hydrogen) atoms. The van der Waals surface area contributed by atoms with Crippen LogP contribution in [0.5, 0.6) is 11.5 Å². The summed E-state index contributed by atoms with van der Waals surface area (Å²) in [4.78, 5) is 11.0. The van der Waals surface area contributed by atoms with Crippen LogP contribution in [-0.4, -0.2) is 34.6 Å². The molecule has 0 aliphatic carbocycles. The molecular formula is C14H15BrN2O4. The Balaban J connectivity index is 2.10. The van der Waals surface area contributed by atoms with E-state index in [9.17, 15) is 4.79 Å². The van der Waals surface area contributed by atoms with Crippen molar-refractivity contribution in [2.45, 2.75) is 6.42 Å². The van der Waals surface area contributed by atoms with Crippen molar-refractivity contribution in [3.05, 3.63) is 40.1 Å². The van der Waals surface area contributed by atoms with Gasteiger partial charge in [0, 0.05) is 19.7 Å². The fourth-order valence-corrected chi connectivity index (χ4v) is 2.41. The third kappa shape index (κ3) is 3.75. The summed E-state index contributed by atoms with van der Waals surface area (Å²) in [5.74, 6) is -0.143. The van der Waals surface area contributed by atoms with Gasteiger partial charge in [0.1, 0.15) is 0 Å². The summed E-state index contributed by atoms with van der Waals surface area (Å²) in [6, 6.07) is 2.93. The zero-order valence-electron chi connectivity index (χ0n) is 11.7. The molecule has 112 valence electrons. The zero-order valence-corrected chi connectivity index (χ0v) is 13.3. The van der Waals surface area contributed by atoms with Gasteiger partial charge >= 0.3 is 5.97 Å². The Bertz CT molecular complexity index is 654. The van der Waals surface area contributed by atoms with Gasteiger partial charge in [-0.2, -0.15) is 5.10 Å². The molecule has 0 aliphatic rings. The number of rotatable bonds is 6. The molecule has 0 aliphatic heterocycles. The highest BCUT2D eigenvalue weighted by Crippen LogP contribution is 2.36. The van der Waals surface area contributed by atoms with E-state index in [0.717, 1.165) is 5.56 Å². The average molecular weight is 355 g/mol. The standard InChI is InChI=1S/C14H15BrN2O4/c1-17-8-9(7-16-17)3-4-21-13-11(15)5-10(14(18)19)6-12(13)20-2/h5-8H,3-4H2,1-2H3,(H,18,19). The van der Waals surface area contributed by atoms with Crippen molar-refractivity contribution in [3.63, 3.8) is 0 Å². The second-order valence-electron chi connectivity index (χ2n) is 4.42. The summed E-state index contributed by atoms with van der Waals surface area (Å²) in [5, 5.41) is 13.1. The molecule has 0 saturated heterocycles. The van der Waals surface area contributed by atoms with Crippen molar-refractivity contribution >= 4 is 21.9 Å². The molecule has 1 aromatic carbocycles. The van der Waals surface area contributed by atoms with Crippen LogP contribution in [0.3, 0.4) is 0 Å². The Morgan fingerprint density at radius 2 is 2.24 bits per heavy atom. The van der Waals surface area contributed by atoms with Crippen LogP contribution in [0, 0.1) is 0 Å². The number of methoxy groups -OCH3 is 1. The summed E-state index contributed by atoms with van der Waals surface area (Å²) in [6.07, 6.45) is 4.40. The normalized spacial score (nSPS) is 10.4. The van der Waals surface area contributed by atoms with Gasteiger partial charge in [0.15, 0.2) is 11.5 Å². The van der Waals surface area contributed by atoms with Gasteiger partial charge in [0.05, 0.1) is 29.9 Å². The van der Waals surface area contributed by atoms with Gasteiger partial charge in [0.2, 0.25) is 0 Å². The van der Waals surface area contributed by atoms with Crippen molar-refractivity contribution in [1.29, 1.82) is 0 Å². The topological polar surface area (TPSA) is 73.6 Å². The number of aromatic nitrogens is 2. The van der Waals surface area contributed by atoms with Gasteiger partial charge < -0.3 is 14.6 Å². The van der Waals surface area contributed by atoms with Crippen molar-refractivity contribution in [1.82, 2.24) is 9.78 Å². The van der Waals surface area contributed by atoms with Crippen molar-refractivity contribution in [3.8, 4) is 11.5 Å². The molecule has 1 heterocycles. The van der Waals surface area contributed by atoms with E-state index in [2.05, 4.69) is 21.0 Å². The number of hydrogen-bond donors (Lipinski definition) is 1. The van der Waals surface area contributed by atoms with Gasteiger partial charge in [-0.1, -0.05) is 0 Å². The van der Waals surface area contributed by atoms with E-state index in [1.807, 2.05) is 13.2 Å². The minimum Gasteiger partial charge on any atom is -0.493 e. The Kier molecular flexibility index (Phi) is 4.85.